The lowest BCUT2D eigenvalue weighted by atomic mass is 10.1. The standard InChI is InChI=1S/C14H23BrN4O/c1-14(2,3)19-7-5-16-12(13(19)20)18-10-8-17(6-4-15)9-11-18/h5,7H,4,6,8-11H2,1-3H3. The summed E-state index contributed by atoms with van der Waals surface area (Å²) in [4.78, 5) is 21.4. The van der Waals surface area contributed by atoms with Gasteiger partial charge in [0.05, 0.1) is 0 Å². The number of aromatic nitrogens is 2. The minimum Gasteiger partial charge on any atom is -0.349 e. The Morgan fingerprint density at radius 2 is 1.90 bits per heavy atom. The van der Waals surface area contributed by atoms with Crippen LogP contribution in [0.15, 0.2) is 17.2 Å². The van der Waals surface area contributed by atoms with Crippen LogP contribution in [-0.2, 0) is 5.54 Å². The van der Waals surface area contributed by atoms with E-state index in [2.05, 4.69) is 30.7 Å². The van der Waals surface area contributed by atoms with E-state index in [9.17, 15) is 4.79 Å². The summed E-state index contributed by atoms with van der Waals surface area (Å²) in [6.45, 7) is 10.9. The van der Waals surface area contributed by atoms with Gasteiger partial charge in [0.15, 0.2) is 5.82 Å². The van der Waals surface area contributed by atoms with Crippen LogP contribution < -0.4 is 10.5 Å². The van der Waals surface area contributed by atoms with Gasteiger partial charge < -0.3 is 9.47 Å². The van der Waals surface area contributed by atoms with Crippen LogP contribution in [0.1, 0.15) is 20.8 Å². The van der Waals surface area contributed by atoms with Crippen molar-refractivity contribution < 1.29 is 0 Å². The molecule has 112 valence electrons. The number of rotatable bonds is 3. The quantitative estimate of drug-likeness (QED) is 0.781. The van der Waals surface area contributed by atoms with E-state index in [1.54, 1.807) is 17.0 Å². The van der Waals surface area contributed by atoms with E-state index in [1.807, 2.05) is 20.8 Å². The summed E-state index contributed by atoms with van der Waals surface area (Å²) in [5.74, 6) is 0.584. The normalized spacial score (nSPS) is 17.5. The fourth-order valence-electron chi connectivity index (χ4n) is 2.45. The Kier molecular flexibility index (Phi) is 4.86. The highest BCUT2D eigenvalue weighted by Crippen LogP contribution is 2.14. The summed E-state index contributed by atoms with van der Waals surface area (Å²) >= 11 is 3.47. The second-order valence-corrected chi connectivity index (χ2v) is 6.91. The lowest BCUT2D eigenvalue weighted by molar-refractivity contribution is 0.272. The number of hydrogen-bond donors (Lipinski definition) is 0. The van der Waals surface area contributed by atoms with Crippen molar-refractivity contribution in [1.29, 1.82) is 0 Å². The largest absolute Gasteiger partial charge is 0.349 e. The molecule has 5 nitrogen and oxygen atoms in total. The van der Waals surface area contributed by atoms with Gasteiger partial charge in [0, 0.05) is 56.0 Å². The average molecular weight is 343 g/mol. The summed E-state index contributed by atoms with van der Waals surface area (Å²) in [6.07, 6.45) is 3.50. The molecular weight excluding hydrogens is 320 g/mol. The first-order valence-electron chi connectivity index (χ1n) is 7.05. The molecule has 0 amide bonds. The van der Waals surface area contributed by atoms with Crippen LogP contribution in [0.4, 0.5) is 5.82 Å². The smallest absolute Gasteiger partial charge is 0.293 e. The van der Waals surface area contributed by atoms with Crippen LogP contribution >= 0.6 is 15.9 Å². The van der Waals surface area contributed by atoms with Gasteiger partial charge in [0.2, 0.25) is 0 Å². The van der Waals surface area contributed by atoms with E-state index < -0.39 is 0 Å². The minimum atomic E-state index is -0.216. The molecule has 1 aromatic rings. The number of halogens is 1. The van der Waals surface area contributed by atoms with Gasteiger partial charge >= 0.3 is 0 Å². The zero-order chi connectivity index (χ0) is 14.8. The molecule has 2 heterocycles. The van der Waals surface area contributed by atoms with Crippen LogP contribution in [0.2, 0.25) is 0 Å². The zero-order valence-electron chi connectivity index (χ0n) is 12.5. The van der Waals surface area contributed by atoms with Crippen LogP contribution in [-0.4, -0.2) is 52.5 Å². The molecule has 20 heavy (non-hydrogen) atoms. The molecule has 0 atom stereocenters. The molecular formula is C14H23BrN4O. The van der Waals surface area contributed by atoms with E-state index >= 15 is 0 Å². The Labute approximate surface area is 128 Å². The van der Waals surface area contributed by atoms with Gasteiger partial charge in [-0.3, -0.25) is 9.69 Å². The molecule has 0 aromatic carbocycles. The van der Waals surface area contributed by atoms with Crippen molar-refractivity contribution in [2.75, 3.05) is 43.0 Å². The molecule has 1 fully saturated rings. The summed E-state index contributed by atoms with van der Waals surface area (Å²) in [5.41, 5.74) is -0.207. The Balaban J connectivity index is 2.17. The number of hydrogen-bond acceptors (Lipinski definition) is 4. The summed E-state index contributed by atoms with van der Waals surface area (Å²) in [7, 11) is 0. The Morgan fingerprint density at radius 3 is 2.45 bits per heavy atom. The predicted octanol–water partition coefficient (Wildman–Crippen LogP) is 1.52. The molecule has 1 saturated heterocycles. The molecule has 1 aliphatic rings. The SMILES string of the molecule is CC(C)(C)n1ccnc(N2CCN(CCBr)CC2)c1=O. The average Bonchev–Trinajstić information content (AvgIpc) is 2.39. The fraction of sp³-hybridized carbons (Fsp3) is 0.714. The zero-order valence-corrected chi connectivity index (χ0v) is 14.1. The maximum atomic E-state index is 12.6. The van der Waals surface area contributed by atoms with Gasteiger partial charge in [0.1, 0.15) is 0 Å². The molecule has 0 saturated carbocycles. The van der Waals surface area contributed by atoms with E-state index in [0.29, 0.717) is 5.82 Å². The van der Waals surface area contributed by atoms with Gasteiger partial charge in [-0.05, 0) is 20.8 Å². The van der Waals surface area contributed by atoms with Crippen LogP contribution in [0.5, 0.6) is 0 Å². The summed E-state index contributed by atoms with van der Waals surface area (Å²) < 4.78 is 1.76. The van der Waals surface area contributed by atoms with Crippen LogP contribution in [0.3, 0.4) is 0 Å². The molecule has 1 aliphatic heterocycles. The fourth-order valence-corrected chi connectivity index (χ4v) is 2.95. The number of anilines is 1. The van der Waals surface area contributed by atoms with E-state index in [4.69, 9.17) is 0 Å². The summed E-state index contributed by atoms with van der Waals surface area (Å²) in [6, 6.07) is 0. The maximum absolute atomic E-state index is 12.6. The lowest BCUT2D eigenvalue weighted by Gasteiger charge is -2.35. The third-order valence-corrected chi connectivity index (χ3v) is 3.97. The Bertz CT molecular complexity index is 501. The van der Waals surface area contributed by atoms with Gasteiger partial charge in [-0.2, -0.15) is 0 Å². The Morgan fingerprint density at radius 1 is 1.25 bits per heavy atom. The molecule has 0 bridgehead atoms. The van der Waals surface area contributed by atoms with E-state index in [-0.39, 0.29) is 11.1 Å². The first-order chi connectivity index (χ1) is 9.43. The predicted molar refractivity (Wildman–Crippen MR) is 85.9 cm³/mol. The third-order valence-electron chi connectivity index (χ3n) is 3.62. The molecule has 0 N–H and O–H groups in total. The molecule has 0 aliphatic carbocycles. The van der Waals surface area contributed by atoms with Crippen molar-refractivity contribution in [3.63, 3.8) is 0 Å². The second-order valence-electron chi connectivity index (χ2n) is 6.11. The highest BCUT2D eigenvalue weighted by molar-refractivity contribution is 9.09. The third kappa shape index (κ3) is 3.41. The monoisotopic (exact) mass is 342 g/mol. The highest BCUT2D eigenvalue weighted by atomic mass is 79.9. The van der Waals surface area contributed by atoms with Crippen molar-refractivity contribution in [2.24, 2.45) is 0 Å². The van der Waals surface area contributed by atoms with Crippen molar-refractivity contribution >= 4 is 21.7 Å². The highest BCUT2D eigenvalue weighted by Gasteiger charge is 2.23. The second kappa shape index (κ2) is 6.26. The lowest BCUT2D eigenvalue weighted by Crippen LogP contribution is -2.49. The molecule has 0 radical (unpaired) electrons. The molecule has 0 spiro atoms. The minimum absolute atomic E-state index is 0.00828. The molecule has 2 rings (SSSR count). The first-order valence-corrected chi connectivity index (χ1v) is 8.17. The summed E-state index contributed by atoms with van der Waals surface area (Å²) in [5, 5.41) is 0.993. The van der Waals surface area contributed by atoms with Crippen molar-refractivity contribution in [3.05, 3.63) is 22.7 Å². The van der Waals surface area contributed by atoms with Crippen molar-refractivity contribution in [3.8, 4) is 0 Å². The maximum Gasteiger partial charge on any atom is 0.293 e. The number of nitrogens with zero attached hydrogens (tertiary/aromatic N) is 4. The van der Waals surface area contributed by atoms with E-state index in [1.165, 1.54) is 0 Å². The van der Waals surface area contributed by atoms with Gasteiger partial charge in [0.25, 0.3) is 5.56 Å². The molecule has 6 heteroatoms. The van der Waals surface area contributed by atoms with Crippen molar-refractivity contribution in [1.82, 2.24) is 14.5 Å². The van der Waals surface area contributed by atoms with Crippen molar-refractivity contribution in [2.45, 2.75) is 26.3 Å². The topological polar surface area (TPSA) is 41.4 Å². The first kappa shape index (κ1) is 15.5. The molecule has 0 unspecified atom stereocenters. The van der Waals surface area contributed by atoms with Gasteiger partial charge in [-0.1, -0.05) is 15.9 Å². The van der Waals surface area contributed by atoms with Gasteiger partial charge in [-0.25, -0.2) is 4.98 Å². The Hall–Kier alpha value is -0.880. The molecule has 1 aromatic heterocycles. The van der Waals surface area contributed by atoms with Crippen LogP contribution in [0.25, 0.3) is 0 Å². The van der Waals surface area contributed by atoms with Crippen LogP contribution in [0, 0.1) is 0 Å². The van der Waals surface area contributed by atoms with E-state index in [0.717, 1.165) is 38.1 Å². The number of alkyl halides is 1. The number of piperazine rings is 1. The van der Waals surface area contributed by atoms with Gasteiger partial charge in [-0.15, -0.1) is 0 Å².